The Morgan fingerprint density at radius 1 is 0.878 bits per heavy atom. The van der Waals surface area contributed by atoms with Crippen molar-refractivity contribution in [3.8, 4) is 5.75 Å². The Morgan fingerprint density at radius 3 is 2.12 bits per heavy atom. The molecule has 1 atom stereocenters. The van der Waals surface area contributed by atoms with Crippen LogP contribution < -0.4 is 4.74 Å². The van der Waals surface area contributed by atoms with E-state index in [0.29, 0.717) is 31.0 Å². The average Bonchev–Trinajstić information content (AvgIpc) is 3.24. The number of piperazine rings is 1. The van der Waals surface area contributed by atoms with Gasteiger partial charge >= 0.3 is 5.97 Å². The number of hydrogen-bond acceptors (Lipinski definition) is 6. The Hall–Kier alpha value is -3.36. The fourth-order valence-electron chi connectivity index (χ4n) is 5.50. The Labute approximate surface area is 248 Å². The topological polar surface area (TPSA) is 67.2 Å². The van der Waals surface area contributed by atoms with Crippen molar-refractivity contribution in [1.82, 2.24) is 14.4 Å². The van der Waals surface area contributed by atoms with Crippen LogP contribution in [0.2, 0.25) is 0 Å². The maximum atomic E-state index is 12.9. The number of carbonyl (C=O) groups is 1. The van der Waals surface area contributed by atoms with Crippen molar-refractivity contribution in [2.24, 2.45) is 0 Å². The number of ether oxygens (including phenoxy) is 2. The maximum Gasteiger partial charge on any atom is 0.340 e. The summed E-state index contributed by atoms with van der Waals surface area (Å²) in [4.78, 5) is 17.7. The first-order valence-electron chi connectivity index (χ1n) is 14.1. The third-order valence-corrected chi connectivity index (χ3v) is 7.58. The number of aromatic nitrogens is 1. The monoisotopic (exact) mass is 577 g/mol. The van der Waals surface area contributed by atoms with Gasteiger partial charge in [0.05, 0.1) is 12.2 Å². The van der Waals surface area contributed by atoms with E-state index in [-0.39, 0.29) is 25.0 Å². The van der Waals surface area contributed by atoms with Gasteiger partial charge in [-0.25, -0.2) is 4.79 Å². The molecule has 0 amide bonds. The summed E-state index contributed by atoms with van der Waals surface area (Å²) in [7, 11) is 0. The van der Waals surface area contributed by atoms with Gasteiger partial charge in [0.1, 0.15) is 18.5 Å². The molecule has 7 nitrogen and oxygen atoms in total. The third-order valence-electron chi connectivity index (χ3n) is 7.58. The molecule has 0 spiro atoms. The van der Waals surface area contributed by atoms with Gasteiger partial charge in [0, 0.05) is 62.4 Å². The summed E-state index contributed by atoms with van der Waals surface area (Å²) < 4.78 is 13.6. The molecule has 218 valence electrons. The maximum absolute atomic E-state index is 12.9. The minimum absolute atomic E-state index is 0. The van der Waals surface area contributed by atoms with E-state index >= 15 is 0 Å². The summed E-state index contributed by atoms with van der Waals surface area (Å²) in [6, 6.07) is 26.5. The van der Waals surface area contributed by atoms with Crippen molar-refractivity contribution in [2.75, 3.05) is 45.9 Å². The Bertz CT molecular complexity index is 1400. The van der Waals surface area contributed by atoms with Crippen LogP contribution in [0.15, 0.2) is 78.9 Å². The van der Waals surface area contributed by atoms with Crippen LogP contribution >= 0.6 is 12.4 Å². The van der Waals surface area contributed by atoms with Crippen LogP contribution in [-0.4, -0.2) is 77.5 Å². The Kier molecular flexibility index (Phi) is 10.8. The van der Waals surface area contributed by atoms with Crippen molar-refractivity contribution in [3.63, 3.8) is 0 Å². The van der Waals surface area contributed by atoms with Gasteiger partial charge in [0.25, 0.3) is 0 Å². The fourth-order valence-corrected chi connectivity index (χ4v) is 5.50. The quantitative estimate of drug-likeness (QED) is 0.249. The van der Waals surface area contributed by atoms with Crippen molar-refractivity contribution in [3.05, 3.63) is 101 Å². The number of halogens is 1. The van der Waals surface area contributed by atoms with E-state index in [0.717, 1.165) is 54.9 Å². The molecule has 1 saturated heterocycles. The summed E-state index contributed by atoms with van der Waals surface area (Å²) in [5, 5.41) is 11.5. The lowest BCUT2D eigenvalue weighted by Gasteiger charge is -2.35. The average molecular weight is 578 g/mol. The first-order chi connectivity index (χ1) is 19.5. The third kappa shape index (κ3) is 7.68. The predicted molar refractivity (Wildman–Crippen MR) is 165 cm³/mol. The number of rotatable bonds is 11. The molecule has 1 unspecified atom stereocenters. The van der Waals surface area contributed by atoms with Crippen LogP contribution in [0.3, 0.4) is 0 Å². The smallest absolute Gasteiger partial charge is 0.340 e. The molecule has 0 bridgehead atoms. The van der Waals surface area contributed by atoms with Crippen LogP contribution in [0.5, 0.6) is 5.75 Å². The largest absolute Gasteiger partial charge is 0.491 e. The van der Waals surface area contributed by atoms with Gasteiger partial charge in [0.2, 0.25) is 0 Å². The highest BCUT2D eigenvalue weighted by Gasteiger charge is 2.23. The van der Waals surface area contributed by atoms with Crippen LogP contribution in [0.25, 0.3) is 10.9 Å². The predicted octanol–water partition coefficient (Wildman–Crippen LogP) is 5.15. The lowest BCUT2D eigenvalue weighted by atomic mass is 10.1. The second kappa shape index (κ2) is 14.5. The van der Waals surface area contributed by atoms with Crippen molar-refractivity contribution >= 4 is 29.3 Å². The lowest BCUT2D eigenvalue weighted by molar-refractivity contribution is 0.0446. The number of esters is 1. The number of aliphatic hydroxyl groups excluding tert-OH is 1. The molecule has 1 fully saturated rings. The first-order valence-corrected chi connectivity index (χ1v) is 14.1. The van der Waals surface area contributed by atoms with Gasteiger partial charge in [-0.3, -0.25) is 9.80 Å². The van der Waals surface area contributed by atoms with Crippen molar-refractivity contribution in [1.29, 1.82) is 0 Å². The van der Waals surface area contributed by atoms with E-state index in [1.54, 1.807) is 0 Å². The van der Waals surface area contributed by atoms with E-state index in [4.69, 9.17) is 9.47 Å². The van der Waals surface area contributed by atoms with E-state index in [9.17, 15) is 9.90 Å². The van der Waals surface area contributed by atoms with Crippen LogP contribution in [0.4, 0.5) is 0 Å². The molecule has 3 aromatic carbocycles. The molecule has 0 radical (unpaired) electrons. The second-order valence-corrected chi connectivity index (χ2v) is 10.5. The molecule has 2 heterocycles. The SMILES string of the molecule is CCOC(=O)c1c(C)n(Cc2ccccc2)c2ccc(OCC(O)CN3CCN(Cc4ccccc4)CC3)cc12.Cl. The van der Waals surface area contributed by atoms with E-state index in [2.05, 4.69) is 50.8 Å². The van der Waals surface area contributed by atoms with Gasteiger partial charge < -0.3 is 19.1 Å². The molecule has 8 heteroatoms. The zero-order valence-electron chi connectivity index (χ0n) is 23.9. The zero-order valence-corrected chi connectivity index (χ0v) is 24.7. The highest BCUT2D eigenvalue weighted by atomic mass is 35.5. The number of hydrogen-bond donors (Lipinski definition) is 1. The van der Waals surface area contributed by atoms with Crippen LogP contribution in [-0.2, 0) is 17.8 Å². The highest BCUT2D eigenvalue weighted by Crippen LogP contribution is 2.31. The van der Waals surface area contributed by atoms with Gasteiger partial charge in [-0.05, 0) is 43.2 Å². The van der Waals surface area contributed by atoms with Crippen LogP contribution in [0, 0.1) is 6.92 Å². The summed E-state index contributed by atoms with van der Waals surface area (Å²) in [5.41, 5.74) is 4.86. The molecule has 41 heavy (non-hydrogen) atoms. The first kappa shape index (κ1) is 30.6. The van der Waals surface area contributed by atoms with Gasteiger partial charge in [0.15, 0.2) is 0 Å². The summed E-state index contributed by atoms with van der Waals surface area (Å²) >= 11 is 0. The molecule has 1 aliphatic heterocycles. The van der Waals surface area contributed by atoms with E-state index in [1.165, 1.54) is 5.56 Å². The zero-order chi connectivity index (χ0) is 27.9. The van der Waals surface area contributed by atoms with Gasteiger partial charge in [-0.1, -0.05) is 60.7 Å². The van der Waals surface area contributed by atoms with Crippen LogP contribution in [0.1, 0.15) is 34.1 Å². The number of aliphatic hydroxyl groups is 1. The number of benzene rings is 3. The number of fused-ring (bicyclic) bond motifs is 1. The van der Waals surface area contributed by atoms with Crippen molar-refractivity contribution in [2.45, 2.75) is 33.0 Å². The Balaban J connectivity index is 0.00000387. The molecule has 0 aliphatic carbocycles. The van der Waals surface area contributed by atoms with Gasteiger partial charge in [-0.2, -0.15) is 0 Å². The molecule has 1 N–H and O–H groups in total. The highest BCUT2D eigenvalue weighted by molar-refractivity contribution is 6.06. The second-order valence-electron chi connectivity index (χ2n) is 10.5. The normalized spacial score (nSPS) is 14.9. The molecule has 4 aromatic rings. The molecular formula is C33H40ClN3O4. The molecule has 1 aliphatic rings. The van der Waals surface area contributed by atoms with E-state index in [1.807, 2.05) is 56.3 Å². The number of β-amino-alcohol motifs (C(OH)–C–C–N with tert-alkyl or cyclic N) is 1. The number of nitrogens with zero attached hydrogens (tertiary/aromatic N) is 3. The summed E-state index contributed by atoms with van der Waals surface area (Å²) in [6.07, 6.45) is -0.606. The lowest BCUT2D eigenvalue weighted by Crippen LogP contribution is -2.48. The number of carbonyl (C=O) groups excluding carboxylic acids is 1. The fraction of sp³-hybridized carbons (Fsp3) is 0.364. The molecule has 5 rings (SSSR count). The van der Waals surface area contributed by atoms with E-state index < -0.39 is 6.10 Å². The standard InChI is InChI=1S/C33H39N3O4.ClH/c1-3-39-33(38)32-25(2)36(22-27-12-8-5-9-13-27)31-15-14-29(20-30(31)32)40-24-28(37)23-35-18-16-34(17-19-35)21-26-10-6-4-7-11-26;/h4-15,20,28,37H,3,16-19,21-24H2,1-2H3;1H. The molecule has 1 aromatic heterocycles. The Morgan fingerprint density at radius 2 is 1.49 bits per heavy atom. The summed E-state index contributed by atoms with van der Waals surface area (Å²) in [5.74, 6) is 0.294. The minimum atomic E-state index is -0.606. The molecule has 0 saturated carbocycles. The minimum Gasteiger partial charge on any atom is -0.491 e. The molecular weight excluding hydrogens is 538 g/mol. The van der Waals surface area contributed by atoms with Gasteiger partial charge in [-0.15, -0.1) is 12.4 Å². The summed E-state index contributed by atoms with van der Waals surface area (Å²) in [6.45, 7) is 10.3. The van der Waals surface area contributed by atoms with Crippen molar-refractivity contribution < 1.29 is 19.4 Å².